The molecular weight excluding hydrogens is 136 g/mol. The lowest BCUT2D eigenvalue weighted by atomic mass is 10.3. The number of hydrogen-bond acceptors (Lipinski definition) is 1. The minimum absolute atomic E-state index is 0.365. The quantitative estimate of drug-likeness (QED) is 0.587. The molecule has 9 heavy (non-hydrogen) atoms. The van der Waals surface area contributed by atoms with Crippen LogP contribution in [0.2, 0.25) is 5.02 Å². The Bertz CT molecular complexity index is 217. The highest BCUT2D eigenvalue weighted by atomic mass is 35.5. The number of rotatable bonds is 1. The summed E-state index contributed by atoms with van der Waals surface area (Å²) in [6, 6.07) is 5.19. The van der Waals surface area contributed by atoms with Gasteiger partial charge in [-0.2, -0.15) is 0 Å². The maximum absolute atomic E-state index is 7.22. The van der Waals surface area contributed by atoms with Crippen LogP contribution >= 0.6 is 11.6 Å². The second-order valence-electron chi connectivity index (χ2n) is 1.59. The van der Waals surface area contributed by atoms with Crippen molar-refractivity contribution in [3.63, 3.8) is 0 Å². The van der Waals surface area contributed by atoms with E-state index in [9.17, 15) is 0 Å². The fourth-order valence-electron chi connectivity index (χ4n) is 0.540. The first-order chi connectivity index (χ1) is 4.72. The Hall–Kier alpha value is -0.690. The van der Waals surface area contributed by atoms with E-state index < -0.39 is 0 Å². The van der Waals surface area contributed by atoms with Crippen LogP contribution < -0.4 is 4.74 Å². The first-order valence-electron chi connectivity index (χ1n) is 3.03. The lowest BCUT2D eigenvalue weighted by Gasteiger charge is -1.96. The van der Waals surface area contributed by atoms with Gasteiger partial charge in [-0.25, -0.2) is 0 Å². The van der Waals surface area contributed by atoms with Crippen LogP contribution in [0.4, 0.5) is 0 Å². The van der Waals surface area contributed by atoms with Crippen molar-refractivity contribution in [2.24, 2.45) is 0 Å². The Kier molecular flexibility index (Phi) is 1.56. The molecule has 2 heteroatoms. The number of ether oxygens (including phenoxy) is 1. The van der Waals surface area contributed by atoms with E-state index in [0.717, 1.165) is 0 Å². The molecule has 0 aromatic heterocycles. The number of hydrogen-bond donors (Lipinski definition) is 0. The van der Waals surface area contributed by atoms with E-state index in [0.29, 0.717) is 16.8 Å². The molecule has 48 valence electrons. The Balaban J connectivity index is 3.06. The minimum Gasteiger partial charge on any atom is -0.497 e. The third-order valence-electron chi connectivity index (χ3n) is 0.963. The van der Waals surface area contributed by atoms with Gasteiger partial charge < -0.3 is 4.74 Å². The Morgan fingerprint density at radius 2 is 2.44 bits per heavy atom. The molecule has 1 rings (SSSR count). The summed E-state index contributed by atoms with van der Waals surface area (Å²) in [4.78, 5) is 0. The van der Waals surface area contributed by atoms with Crippen LogP contribution in [-0.2, 0) is 0 Å². The zero-order valence-corrected chi connectivity index (χ0v) is 5.77. The van der Waals surface area contributed by atoms with E-state index >= 15 is 0 Å². The van der Waals surface area contributed by atoms with Gasteiger partial charge in [0.05, 0.1) is 8.48 Å². The summed E-state index contributed by atoms with van der Waals surface area (Å²) in [5.41, 5.74) is 0. The highest BCUT2D eigenvalue weighted by molar-refractivity contribution is 6.30. The second-order valence-corrected chi connectivity index (χ2v) is 2.03. The molecular formula is C7H7ClO. The molecule has 1 aromatic rings. The van der Waals surface area contributed by atoms with Crippen molar-refractivity contribution in [3.05, 3.63) is 29.3 Å². The van der Waals surface area contributed by atoms with Gasteiger partial charge in [0, 0.05) is 5.02 Å². The average molecular weight is 144 g/mol. The van der Waals surface area contributed by atoms with E-state index in [4.69, 9.17) is 17.7 Å². The van der Waals surface area contributed by atoms with Crippen molar-refractivity contribution in [1.29, 1.82) is 0 Å². The maximum atomic E-state index is 7.22. The molecule has 0 saturated carbocycles. The molecule has 1 nitrogen and oxygen atoms in total. The van der Waals surface area contributed by atoms with Crippen molar-refractivity contribution in [2.45, 2.75) is 0 Å². The van der Waals surface area contributed by atoms with Crippen molar-refractivity contribution >= 4 is 11.6 Å². The van der Waals surface area contributed by atoms with E-state index in [1.54, 1.807) is 25.3 Å². The molecule has 0 aliphatic carbocycles. The predicted octanol–water partition coefficient (Wildman–Crippen LogP) is 2.35. The number of benzene rings is 1. The molecule has 0 spiro atoms. The zero-order valence-electron chi connectivity index (χ0n) is 6.02. The summed E-state index contributed by atoms with van der Waals surface area (Å²) < 4.78 is 12.1. The Morgan fingerprint density at radius 3 is 3.00 bits per heavy atom. The molecule has 0 bridgehead atoms. The van der Waals surface area contributed by atoms with Gasteiger partial charge in [-0.05, 0) is 18.2 Å². The summed E-state index contributed by atoms with van der Waals surface area (Å²) in [6.45, 7) is 0. The molecule has 0 unspecified atom stereocenters. The molecule has 0 saturated heterocycles. The largest absolute Gasteiger partial charge is 0.497 e. The van der Waals surface area contributed by atoms with Crippen LogP contribution in [0.3, 0.4) is 0 Å². The monoisotopic (exact) mass is 143 g/mol. The highest BCUT2D eigenvalue weighted by Gasteiger charge is 1.88. The van der Waals surface area contributed by atoms with E-state index in [2.05, 4.69) is 0 Å². The average Bonchev–Trinajstić information content (AvgIpc) is 1.85. The lowest BCUT2D eigenvalue weighted by Crippen LogP contribution is -1.79. The Morgan fingerprint density at radius 1 is 1.67 bits per heavy atom. The molecule has 0 aliphatic rings. The van der Waals surface area contributed by atoms with Crippen LogP contribution in [0.25, 0.3) is 0 Å². The van der Waals surface area contributed by atoms with Gasteiger partial charge in [-0.3, -0.25) is 0 Å². The topological polar surface area (TPSA) is 9.23 Å². The minimum atomic E-state index is 0.365. The van der Waals surface area contributed by atoms with Crippen LogP contribution in [0.5, 0.6) is 5.75 Å². The van der Waals surface area contributed by atoms with Crippen molar-refractivity contribution in [3.8, 4) is 5.75 Å². The van der Waals surface area contributed by atoms with Gasteiger partial charge in [0.25, 0.3) is 0 Å². The van der Waals surface area contributed by atoms with Crippen LogP contribution in [-0.4, -0.2) is 7.11 Å². The fourth-order valence-corrected chi connectivity index (χ4v) is 0.711. The molecule has 1 aromatic carbocycles. The summed E-state index contributed by atoms with van der Waals surface area (Å²) in [6.07, 6.45) is 0. The van der Waals surface area contributed by atoms with Crippen LogP contribution in [0, 0.1) is 0 Å². The predicted molar refractivity (Wildman–Crippen MR) is 38.0 cm³/mol. The third-order valence-corrected chi connectivity index (χ3v) is 1.18. The van der Waals surface area contributed by atoms with Gasteiger partial charge in [-0.1, -0.05) is 17.6 Å². The molecule has 0 amide bonds. The van der Waals surface area contributed by atoms with Crippen molar-refractivity contribution in [2.75, 3.05) is 7.11 Å². The van der Waals surface area contributed by atoms with Crippen molar-refractivity contribution in [1.82, 2.24) is 0 Å². The number of methoxy groups -OCH3 is 1. The van der Waals surface area contributed by atoms with Gasteiger partial charge in [-0.15, -0.1) is 0 Å². The van der Waals surface area contributed by atoms with Crippen LogP contribution in [0.1, 0.15) is 1.37 Å². The molecule has 0 heterocycles. The molecule has 0 atom stereocenters. The Labute approximate surface area is 60.6 Å². The van der Waals surface area contributed by atoms with E-state index in [1.807, 2.05) is 0 Å². The third kappa shape index (κ3) is 1.61. The maximum Gasteiger partial charge on any atom is 0.120 e. The van der Waals surface area contributed by atoms with Gasteiger partial charge >= 0.3 is 0 Å². The molecule has 0 N–H and O–H groups in total. The number of halogens is 1. The summed E-state index contributed by atoms with van der Waals surface area (Å²) >= 11 is 5.63. The fraction of sp³-hybridized carbons (Fsp3) is 0.143. The summed E-state index contributed by atoms with van der Waals surface area (Å²) in [5, 5.41) is 0.532. The van der Waals surface area contributed by atoms with Gasteiger partial charge in [0.15, 0.2) is 0 Å². The zero-order chi connectivity index (χ0) is 7.56. The molecule has 0 radical (unpaired) electrons. The van der Waals surface area contributed by atoms with Gasteiger partial charge in [0.2, 0.25) is 0 Å². The van der Waals surface area contributed by atoms with Crippen molar-refractivity contribution < 1.29 is 6.11 Å². The highest BCUT2D eigenvalue weighted by Crippen LogP contribution is 2.15. The van der Waals surface area contributed by atoms with Crippen LogP contribution in [0.15, 0.2) is 24.2 Å². The molecule has 0 fully saturated rings. The second kappa shape index (κ2) is 2.74. The normalized spacial score (nSPS) is 10.7. The first kappa shape index (κ1) is 5.12. The molecule has 0 aliphatic heterocycles. The summed E-state index contributed by atoms with van der Waals surface area (Å²) in [5.74, 6) is 0.623. The van der Waals surface area contributed by atoms with E-state index in [-0.39, 0.29) is 0 Å². The standard InChI is InChI=1S/C7H7ClO/c1-9-7-4-2-3-6(8)5-7/h2-5H,1H3/i2D. The summed E-state index contributed by atoms with van der Waals surface area (Å²) in [7, 11) is 1.55. The lowest BCUT2D eigenvalue weighted by molar-refractivity contribution is 0.415. The smallest absolute Gasteiger partial charge is 0.120 e. The SMILES string of the molecule is [2H]c1cc(Cl)cc(OC)c1. The van der Waals surface area contributed by atoms with E-state index in [1.165, 1.54) is 0 Å². The van der Waals surface area contributed by atoms with Gasteiger partial charge in [0.1, 0.15) is 5.75 Å². The first-order valence-corrected chi connectivity index (χ1v) is 2.91.